The monoisotopic (exact) mass is 614 g/mol. The molecule has 2 saturated heterocycles. The van der Waals surface area contributed by atoms with Gasteiger partial charge in [-0.15, -0.1) is 0 Å². The van der Waals surface area contributed by atoms with Crippen LogP contribution in [0.5, 0.6) is 11.5 Å². The number of hydrogen-bond acceptors (Lipinski definition) is 8. The molecule has 1 saturated carbocycles. The molecule has 10 heteroatoms. The van der Waals surface area contributed by atoms with Crippen molar-refractivity contribution in [3.05, 3.63) is 59.7 Å². The van der Waals surface area contributed by atoms with Gasteiger partial charge in [0.2, 0.25) is 23.6 Å². The van der Waals surface area contributed by atoms with Gasteiger partial charge in [-0.1, -0.05) is 50.6 Å². The first kappa shape index (κ1) is 30.6. The fourth-order valence-corrected chi connectivity index (χ4v) is 8.24. The van der Waals surface area contributed by atoms with Crippen molar-refractivity contribution in [1.29, 1.82) is 0 Å². The Kier molecular flexibility index (Phi) is 7.79. The van der Waals surface area contributed by atoms with Gasteiger partial charge in [-0.05, 0) is 51.0 Å². The number of carbonyl (C=O) groups excluding carboxylic acids is 5. The van der Waals surface area contributed by atoms with Gasteiger partial charge in [0.05, 0.1) is 54.9 Å². The number of allylic oxidation sites excluding steroid dienone is 1. The van der Waals surface area contributed by atoms with Crippen molar-refractivity contribution in [2.75, 3.05) is 29.6 Å². The highest BCUT2D eigenvalue weighted by molar-refractivity contribution is 6.28. The molecule has 6 atom stereocenters. The second-order valence-electron chi connectivity index (χ2n) is 12.3. The molecular weight excluding hydrogens is 576 g/mol. The summed E-state index contributed by atoms with van der Waals surface area (Å²) in [6.07, 6.45) is 1.45. The number of esters is 1. The minimum atomic E-state index is -1.50. The van der Waals surface area contributed by atoms with Crippen LogP contribution in [0.2, 0.25) is 0 Å². The van der Waals surface area contributed by atoms with Crippen LogP contribution >= 0.6 is 0 Å². The Morgan fingerprint density at radius 1 is 0.711 bits per heavy atom. The van der Waals surface area contributed by atoms with Gasteiger partial charge >= 0.3 is 5.97 Å². The van der Waals surface area contributed by atoms with E-state index in [-0.39, 0.29) is 12.2 Å². The first-order valence-electron chi connectivity index (χ1n) is 15.7. The maximum absolute atomic E-state index is 14.6. The van der Waals surface area contributed by atoms with Gasteiger partial charge < -0.3 is 14.2 Å². The Labute approximate surface area is 262 Å². The van der Waals surface area contributed by atoms with Crippen LogP contribution in [0.1, 0.15) is 47.5 Å². The lowest BCUT2D eigenvalue weighted by atomic mass is 9.43. The quantitative estimate of drug-likeness (QED) is 0.279. The molecule has 2 aromatic rings. The molecule has 2 aliphatic heterocycles. The van der Waals surface area contributed by atoms with E-state index >= 15 is 0 Å². The van der Waals surface area contributed by atoms with Gasteiger partial charge in [-0.3, -0.25) is 19.2 Å². The molecule has 0 aromatic heterocycles. The number of amides is 4. The lowest BCUT2D eigenvalue weighted by Crippen LogP contribution is -2.61. The van der Waals surface area contributed by atoms with Crippen LogP contribution in [-0.2, 0) is 28.7 Å². The van der Waals surface area contributed by atoms with Gasteiger partial charge in [-0.25, -0.2) is 14.6 Å². The van der Waals surface area contributed by atoms with Crippen LogP contribution < -0.4 is 19.3 Å². The molecule has 0 spiro atoms. The molecule has 2 unspecified atom stereocenters. The summed E-state index contributed by atoms with van der Waals surface area (Å²) in [6, 6.07) is 13.7. The number of rotatable bonds is 10. The van der Waals surface area contributed by atoms with Crippen molar-refractivity contribution in [3.8, 4) is 11.5 Å². The van der Waals surface area contributed by atoms with Gasteiger partial charge in [0.25, 0.3) is 0 Å². The van der Waals surface area contributed by atoms with Gasteiger partial charge in [-0.2, -0.15) is 0 Å². The average Bonchev–Trinajstić information content (AvgIpc) is 3.45. The molecule has 10 nitrogen and oxygen atoms in total. The largest absolute Gasteiger partial charge is 0.491 e. The highest BCUT2D eigenvalue weighted by Crippen LogP contribution is 2.69. The Hall–Kier alpha value is -4.47. The van der Waals surface area contributed by atoms with Gasteiger partial charge in [0, 0.05) is 16.9 Å². The molecule has 45 heavy (non-hydrogen) atoms. The maximum Gasteiger partial charge on any atom is 0.334 e. The van der Waals surface area contributed by atoms with E-state index in [9.17, 15) is 24.0 Å². The van der Waals surface area contributed by atoms with E-state index in [0.717, 1.165) is 22.6 Å². The zero-order chi connectivity index (χ0) is 32.2. The lowest BCUT2D eigenvalue weighted by Gasteiger charge is -2.55. The van der Waals surface area contributed by atoms with Crippen molar-refractivity contribution in [2.24, 2.45) is 35.0 Å². The number of nitrogens with zero attached hydrogens (tertiary/aromatic N) is 2. The predicted octanol–water partition coefficient (Wildman–Crippen LogP) is 4.70. The van der Waals surface area contributed by atoms with Crippen LogP contribution in [0.4, 0.5) is 11.4 Å². The maximum atomic E-state index is 14.6. The molecule has 2 bridgehead atoms. The minimum absolute atomic E-state index is 0.0842. The van der Waals surface area contributed by atoms with Crippen LogP contribution in [0.25, 0.3) is 0 Å². The van der Waals surface area contributed by atoms with Crippen LogP contribution in [0.3, 0.4) is 0 Å². The smallest absolute Gasteiger partial charge is 0.334 e. The molecular formula is C35H38N2O8. The van der Waals surface area contributed by atoms with Gasteiger partial charge in [0.15, 0.2) is 0 Å². The fourth-order valence-electron chi connectivity index (χ4n) is 8.24. The highest BCUT2D eigenvalue weighted by atomic mass is 16.5. The standard InChI is InChI=1S/C35H38N2O8/c1-6-17-44-22-15-11-9-13-20(22)36-30(38)25-24-19(4)27(34(42)43-8-3)35(5,28(25)32(36)40)29-26(24)31(39)37(33(29)41)21-14-10-12-16-23(21)45-18-7-2/h9-16,24-26,28-29H,6-8,17-18H2,1-5H3/t24?,25-,26-,28-,29+,35?/m1/s1. The Bertz CT molecular complexity index is 1530. The Morgan fingerprint density at radius 3 is 1.58 bits per heavy atom. The van der Waals surface area contributed by atoms with Crippen LogP contribution in [0.15, 0.2) is 59.7 Å². The SMILES string of the molecule is CCCOc1ccccc1N1C(=O)[C@@H]2C3C(C)=C(C(=O)OCC)C(C)([C@@H]2C1=O)[C@H]1C(=O)N(c2ccccc2OCCC)C(=O)[C@H]31. The summed E-state index contributed by atoms with van der Waals surface area (Å²) in [6.45, 7) is 9.85. The summed E-state index contributed by atoms with van der Waals surface area (Å²) < 4.78 is 17.3. The normalized spacial score (nSPS) is 28.5. The van der Waals surface area contributed by atoms with Crippen LogP contribution in [0, 0.1) is 35.0 Å². The molecule has 3 aliphatic carbocycles. The molecule has 236 valence electrons. The van der Waals surface area contributed by atoms with E-state index in [0.29, 0.717) is 41.7 Å². The van der Waals surface area contributed by atoms with E-state index in [1.54, 1.807) is 69.3 Å². The number of hydrogen-bond donors (Lipinski definition) is 0. The minimum Gasteiger partial charge on any atom is -0.491 e. The number of para-hydroxylation sites is 4. The highest BCUT2D eigenvalue weighted by Gasteiger charge is 2.77. The van der Waals surface area contributed by atoms with Crippen molar-refractivity contribution in [1.82, 2.24) is 0 Å². The third-order valence-electron chi connectivity index (χ3n) is 9.82. The Balaban J connectivity index is 1.51. The topological polar surface area (TPSA) is 120 Å². The molecule has 4 amide bonds. The number of carbonyl (C=O) groups is 5. The first-order chi connectivity index (χ1) is 21.6. The molecule has 0 radical (unpaired) electrons. The lowest BCUT2D eigenvalue weighted by molar-refractivity contribution is -0.155. The second-order valence-corrected chi connectivity index (χ2v) is 12.3. The second kappa shape index (κ2) is 11.5. The zero-order valence-electron chi connectivity index (χ0n) is 26.2. The van der Waals surface area contributed by atoms with Gasteiger partial charge in [0.1, 0.15) is 11.5 Å². The summed E-state index contributed by atoms with van der Waals surface area (Å²) in [5.74, 6) is -6.78. The predicted molar refractivity (Wildman–Crippen MR) is 164 cm³/mol. The van der Waals surface area contributed by atoms with E-state index in [1.807, 2.05) is 13.8 Å². The van der Waals surface area contributed by atoms with Crippen molar-refractivity contribution >= 4 is 41.0 Å². The molecule has 3 fully saturated rings. The number of benzene rings is 2. The summed E-state index contributed by atoms with van der Waals surface area (Å²) in [5.41, 5.74) is -0.174. The molecule has 2 aromatic carbocycles. The van der Waals surface area contributed by atoms with Crippen molar-refractivity contribution < 1.29 is 38.2 Å². The number of anilines is 2. The third-order valence-corrected chi connectivity index (χ3v) is 9.82. The molecule has 0 N–H and O–H groups in total. The number of ether oxygens (including phenoxy) is 3. The van der Waals surface area contributed by atoms with E-state index in [2.05, 4.69) is 0 Å². The summed E-state index contributed by atoms with van der Waals surface area (Å²) >= 11 is 0. The van der Waals surface area contributed by atoms with E-state index in [4.69, 9.17) is 14.2 Å². The summed E-state index contributed by atoms with van der Waals surface area (Å²) in [7, 11) is 0. The molecule has 2 heterocycles. The van der Waals surface area contributed by atoms with E-state index < -0.39 is 64.6 Å². The third kappa shape index (κ3) is 4.24. The molecule has 5 aliphatic rings. The summed E-state index contributed by atoms with van der Waals surface area (Å²) in [4.78, 5) is 73.9. The van der Waals surface area contributed by atoms with Crippen molar-refractivity contribution in [3.63, 3.8) is 0 Å². The fraction of sp³-hybridized carbons (Fsp3) is 0.457. The van der Waals surface area contributed by atoms with Crippen molar-refractivity contribution in [2.45, 2.75) is 47.5 Å². The molecule has 7 rings (SSSR count). The number of imide groups is 2. The first-order valence-corrected chi connectivity index (χ1v) is 15.7. The van der Waals surface area contributed by atoms with E-state index in [1.165, 1.54) is 0 Å². The Morgan fingerprint density at radius 2 is 1.16 bits per heavy atom. The average molecular weight is 615 g/mol. The summed E-state index contributed by atoms with van der Waals surface area (Å²) in [5, 5.41) is 0. The van der Waals surface area contributed by atoms with Crippen LogP contribution in [-0.4, -0.2) is 49.4 Å². The zero-order valence-corrected chi connectivity index (χ0v) is 26.2.